The maximum absolute atomic E-state index is 13.1. The van der Waals surface area contributed by atoms with Gasteiger partial charge < -0.3 is 15.5 Å². The maximum Gasteiger partial charge on any atom is 0.259 e. The highest BCUT2D eigenvalue weighted by atomic mass is 19.1. The van der Waals surface area contributed by atoms with Gasteiger partial charge in [0.05, 0.1) is 5.56 Å². The van der Waals surface area contributed by atoms with Crippen LogP contribution in [-0.2, 0) is 0 Å². The first-order valence-corrected chi connectivity index (χ1v) is 5.57. The van der Waals surface area contributed by atoms with Gasteiger partial charge >= 0.3 is 0 Å². The normalized spacial score (nSPS) is 10.2. The molecule has 5 heteroatoms. The molecule has 0 fully saturated rings. The number of phenols is 2. The van der Waals surface area contributed by atoms with Crippen molar-refractivity contribution in [3.63, 3.8) is 0 Å². The van der Waals surface area contributed by atoms with Gasteiger partial charge in [0.25, 0.3) is 5.91 Å². The third-order valence-corrected chi connectivity index (χ3v) is 2.66. The van der Waals surface area contributed by atoms with E-state index in [1.54, 1.807) is 6.92 Å². The van der Waals surface area contributed by atoms with Crippen LogP contribution in [0.2, 0.25) is 0 Å². The number of rotatable bonds is 2. The van der Waals surface area contributed by atoms with E-state index in [2.05, 4.69) is 5.32 Å². The monoisotopic (exact) mass is 261 g/mol. The molecule has 2 aromatic rings. The predicted molar refractivity (Wildman–Crippen MR) is 68.9 cm³/mol. The zero-order valence-corrected chi connectivity index (χ0v) is 10.1. The Morgan fingerprint density at radius 1 is 1.16 bits per heavy atom. The summed E-state index contributed by atoms with van der Waals surface area (Å²) in [6.45, 7) is 1.71. The molecule has 0 heterocycles. The first-order valence-electron chi connectivity index (χ1n) is 5.57. The summed E-state index contributed by atoms with van der Waals surface area (Å²) in [5.74, 6) is -1.43. The molecule has 0 aromatic heterocycles. The fraction of sp³-hybridized carbons (Fsp3) is 0.0714. The van der Waals surface area contributed by atoms with E-state index in [4.69, 9.17) is 0 Å². The molecule has 0 aliphatic rings. The van der Waals surface area contributed by atoms with Crippen molar-refractivity contribution in [2.45, 2.75) is 6.92 Å². The Bertz CT molecular complexity index is 641. The van der Waals surface area contributed by atoms with Gasteiger partial charge in [-0.3, -0.25) is 4.79 Å². The van der Waals surface area contributed by atoms with Gasteiger partial charge in [-0.05, 0) is 48.9 Å². The maximum atomic E-state index is 13.1. The van der Waals surface area contributed by atoms with Crippen molar-refractivity contribution in [3.8, 4) is 11.5 Å². The van der Waals surface area contributed by atoms with Crippen molar-refractivity contribution in [3.05, 3.63) is 53.3 Å². The third kappa shape index (κ3) is 2.82. The second-order valence-corrected chi connectivity index (χ2v) is 4.11. The van der Waals surface area contributed by atoms with E-state index in [9.17, 15) is 19.4 Å². The summed E-state index contributed by atoms with van der Waals surface area (Å²) < 4.78 is 13.1. The highest BCUT2D eigenvalue weighted by Crippen LogP contribution is 2.23. The van der Waals surface area contributed by atoms with Crippen molar-refractivity contribution in [1.29, 1.82) is 0 Å². The van der Waals surface area contributed by atoms with Crippen LogP contribution in [-0.4, -0.2) is 16.1 Å². The number of phenolic OH excluding ortho intramolecular Hbond substituents is 2. The zero-order chi connectivity index (χ0) is 14.0. The van der Waals surface area contributed by atoms with Crippen molar-refractivity contribution in [2.24, 2.45) is 0 Å². The van der Waals surface area contributed by atoms with Crippen molar-refractivity contribution in [2.75, 3.05) is 5.32 Å². The molecule has 0 aliphatic carbocycles. The lowest BCUT2D eigenvalue weighted by molar-refractivity contribution is 0.102. The second-order valence-electron chi connectivity index (χ2n) is 4.11. The number of amides is 1. The van der Waals surface area contributed by atoms with Gasteiger partial charge in [-0.1, -0.05) is 0 Å². The molecular formula is C14H12FNO3. The first kappa shape index (κ1) is 12.9. The van der Waals surface area contributed by atoms with Crippen molar-refractivity contribution in [1.82, 2.24) is 0 Å². The van der Waals surface area contributed by atoms with Crippen LogP contribution in [0.15, 0.2) is 36.4 Å². The SMILES string of the molecule is Cc1cc(O)ccc1NC(=O)c1cc(F)ccc1O. The number of carbonyl (C=O) groups is 1. The largest absolute Gasteiger partial charge is 0.508 e. The van der Waals surface area contributed by atoms with Crippen molar-refractivity contribution >= 4 is 11.6 Å². The van der Waals surface area contributed by atoms with E-state index in [0.29, 0.717) is 11.3 Å². The van der Waals surface area contributed by atoms with E-state index in [1.165, 1.54) is 18.2 Å². The molecular weight excluding hydrogens is 249 g/mol. The summed E-state index contributed by atoms with van der Waals surface area (Å²) in [4.78, 5) is 11.9. The molecule has 98 valence electrons. The smallest absolute Gasteiger partial charge is 0.259 e. The number of hydrogen-bond acceptors (Lipinski definition) is 3. The van der Waals surface area contributed by atoms with Gasteiger partial charge in [0, 0.05) is 5.69 Å². The van der Waals surface area contributed by atoms with E-state index in [1.807, 2.05) is 0 Å². The number of hydrogen-bond donors (Lipinski definition) is 3. The van der Waals surface area contributed by atoms with Gasteiger partial charge in [-0.15, -0.1) is 0 Å². The molecule has 0 aliphatic heterocycles. The van der Waals surface area contributed by atoms with Crippen molar-refractivity contribution < 1.29 is 19.4 Å². The van der Waals surface area contributed by atoms with Gasteiger partial charge in [0.15, 0.2) is 0 Å². The molecule has 2 aromatic carbocycles. The van der Waals surface area contributed by atoms with Crippen LogP contribution in [0.25, 0.3) is 0 Å². The lowest BCUT2D eigenvalue weighted by Crippen LogP contribution is -2.13. The summed E-state index contributed by atoms with van der Waals surface area (Å²) >= 11 is 0. The first-order chi connectivity index (χ1) is 8.97. The summed E-state index contributed by atoms with van der Waals surface area (Å²) in [5, 5.41) is 21.3. The lowest BCUT2D eigenvalue weighted by atomic mass is 10.1. The van der Waals surface area contributed by atoms with Gasteiger partial charge in [0.1, 0.15) is 17.3 Å². The van der Waals surface area contributed by atoms with Crippen LogP contribution < -0.4 is 5.32 Å². The fourth-order valence-corrected chi connectivity index (χ4v) is 1.67. The Labute approximate surface area is 109 Å². The molecule has 0 atom stereocenters. The minimum atomic E-state index is -0.620. The number of halogens is 1. The average molecular weight is 261 g/mol. The third-order valence-electron chi connectivity index (χ3n) is 2.66. The van der Waals surface area contributed by atoms with Crippen LogP contribution in [0.1, 0.15) is 15.9 Å². The van der Waals surface area contributed by atoms with E-state index in [-0.39, 0.29) is 17.1 Å². The summed E-state index contributed by atoms with van der Waals surface area (Å²) in [6, 6.07) is 7.58. The summed E-state index contributed by atoms with van der Waals surface area (Å²) in [6.07, 6.45) is 0. The Hall–Kier alpha value is -2.56. The van der Waals surface area contributed by atoms with Gasteiger partial charge in [-0.25, -0.2) is 4.39 Å². The van der Waals surface area contributed by atoms with E-state index in [0.717, 1.165) is 18.2 Å². The van der Waals surface area contributed by atoms with E-state index < -0.39 is 11.7 Å². The van der Waals surface area contributed by atoms with Crippen LogP contribution in [0.4, 0.5) is 10.1 Å². The van der Waals surface area contributed by atoms with Gasteiger partial charge in [-0.2, -0.15) is 0 Å². The standard InChI is InChI=1S/C14H12FNO3/c1-8-6-10(17)3-4-12(8)16-14(19)11-7-9(15)2-5-13(11)18/h2-7,17-18H,1H3,(H,16,19). The number of benzene rings is 2. The molecule has 19 heavy (non-hydrogen) atoms. The Morgan fingerprint density at radius 2 is 1.89 bits per heavy atom. The molecule has 0 bridgehead atoms. The highest BCUT2D eigenvalue weighted by Gasteiger charge is 2.13. The number of nitrogens with one attached hydrogen (secondary N) is 1. The molecule has 2 rings (SSSR count). The molecule has 0 saturated carbocycles. The molecule has 0 spiro atoms. The number of anilines is 1. The number of aryl methyl sites for hydroxylation is 1. The molecule has 0 unspecified atom stereocenters. The molecule has 1 amide bonds. The Kier molecular flexibility index (Phi) is 3.37. The molecule has 0 radical (unpaired) electrons. The number of carbonyl (C=O) groups excluding carboxylic acids is 1. The van der Waals surface area contributed by atoms with Gasteiger partial charge in [0.2, 0.25) is 0 Å². The average Bonchev–Trinajstić information content (AvgIpc) is 2.35. The Morgan fingerprint density at radius 3 is 2.58 bits per heavy atom. The zero-order valence-electron chi connectivity index (χ0n) is 10.1. The number of aromatic hydroxyl groups is 2. The second kappa shape index (κ2) is 4.97. The van der Waals surface area contributed by atoms with Crippen LogP contribution in [0, 0.1) is 12.7 Å². The summed E-state index contributed by atoms with van der Waals surface area (Å²) in [7, 11) is 0. The topological polar surface area (TPSA) is 69.6 Å². The minimum Gasteiger partial charge on any atom is -0.508 e. The highest BCUT2D eigenvalue weighted by molar-refractivity contribution is 6.06. The van der Waals surface area contributed by atoms with Crippen LogP contribution in [0.3, 0.4) is 0 Å². The summed E-state index contributed by atoms with van der Waals surface area (Å²) in [5.41, 5.74) is 0.989. The lowest BCUT2D eigenvalue weighted by Gasteiger charge is -2.09. The predicted octanol–water partition coefficient (Wildman–Crippen LogP) is 2.80. The molecule has 0 saturated heterocycles. The Balaban J connectivity index is 2.28. The van der Waals surface area contributed by atoms with Crippen LogP contribution >= 0.6 is 0 Å². The van der Waals surface area contributed by atoms with Crippen LogP contribution in [0.5, 0.6) is 11.5 Å². The minimum absolute atomic E-state index is 0.0871. The quantitative estimate of drug-likeness (QED) is 0.728. The molecule has 4 nitrogen and oxygen atoms in total. The molecule has 3 N–H and O–H groups in total. The fourth-order valence-electron chi connectivity index (χ4n) is 1.67. The van der Waals surface area contributed by atoms with E-state index >= 15 is 0 Å².